The lowest BCUT2D eigenvalue weighted by Gasteiger charge is -2.08. The second-order valence-electron chi connectivity index (χ2n) is 3.97. The quantitative estimate of drug-likeness (QED) is 0.743. The Balaban J connectivity index is 2.28. The largest absolute Gasteiger partial charge is 0.399 e. The lowest BCUT2D eigenvalue weighted by atomic mass is 10.1. The summed E-state index contributed by atoms with van der Waals surface area (Å²) >= 11 is 3.23. The van der Waals surface area contributed by atoms with Crippen molar-refractivity contribution in [3.63, 3.8) is 0 Å². The highest BCUT2D eigenvalue weighted by molar-refractivity contribution is 9.10. The summed E-state index contributed by atoms with van der Waals surface area (Å²) in [5.74, 6) is -0.851. The second kappa shape index (κ2) is 5.27. The number of hydrogen-bond acceptors (Lipinski definition) is 3. The number of rotatable bonds is 2. The van der Waals surface area contributed by atoms with Crippen LogP contribution in [0.1, 0.15) is 10.4 Å². The fourth-order valence-electron chi connectivity index (χ4n) is 1.60. The van der Waals surface area contributed by atoms with Gasteiger partial charge in [0.15, 0.2) is 0 Å². The van der Waals surface area contributed by atoms with E-state index in [4.69, 9.17) is 11.5 Å². The molecule has 6 heteroatoms. The van der Waals surface area contributed by atoms with Crippen molar-refractivity contribution >= 4 is 38.9 Å². The van der Waals surface area contributed by atoms with Crippen molar-refractivity contribution in [2.75, 3.05) is 16.8 Å². The highest BCUT2D eigenvalue weighted by Gasteiger charge is 2.10. The van der Waals surface area contributed by atoms with Gasteiger partial charge in [-0.15, -0.1) is 0 Å². The summed E-state index contributed by atoms with van der Waals surface area (Å²) in [7, 11) is 0. The molecule has 5 N–H and O–H groups in total. The lowest BCUT2D eigenvalue weighted by Crippen LogP contribution is -2.13. The van der Waals surface area contributed by atoms with E-state index in [0.717, 1.165) is 0 Å². The topological polar surface area (TPSA) is 81.1 Å². The highest BCUT2D eigenvalue weighted by atomic mass is 79.9. The van der Waals surface area contributed by atoms with E-state index in [0.29, 0.717) is 27.1 Å². The van der Waals surface area contributed by atoms with Crippen molar-refractivity contribution in [2.24, 2.45) is 0 Å². The molecule has 0 aliphatic rings. The van der Waals surface area contributed by atoms with Gasteiger partial charge in [0.2, 0.25) is 0 Å². The Kier molecular flexibility index (Phi) is 3.71. The number of benzene rings is 2. The van der Waals surface area contributed by atoms with E-state index in [-0.39, 0.29) is 0 Å². The predicted molar refractivity (Wildman–Crippen MR) is 77.3 cm³/mol. The molecule has 4 nitrogen and oxygen atoms in total. The number of anilines is 3. The van der Waals surface area contributed by atoms with Crippen LogP contribution in [0.25, 0.3) is 0 Å². The first kappa shape index (κ1) is 13.4. The average Bonchev–Trinajstić information content (AvgIpc) is 2.32. The number of hydrogen-bond donors (Lipinski definition) is 3. The van der Waals surface area contributed by atoms with Gasteiger partial charge in [-0.2, -0.15) is 0 Å². The summed E-state index contributed by atoms with van der Waals surface area (Å²) < 4.78 is 13.7. The number of carbonyl (C=O) groups is 1. The zero-order valence-electron chi connectivity index (χ0n) is 9.78. The van der Waals surface area contributed by atoms with E-state index in [2.05, 4.69) is 21.2 Å². The van der Waals surface area contributed by atoms with Crippen molar-refractivity contribution in [3.8, 4) is 0 Å². The molecule has 0 atom stereocenters. The molecular formula is C13H11BrFN3O. The molecule has 0 saturated carbocycles. The molecule has 0 radical (unpaired) electrons. The second-order valence-corrected chi connectivity index (χ2v) is 4.82. The maximum Gasteiger partial charge on any atom is 0.255 e. The maximum atomic E-state index is 13.1. The molecule has 1 amide bonds. The van der Waals surface area contributed by atoms with Crippen LogP contribution < -0.4 is 16.8 Å². The molecule has 2 rings (SSSR count). The molecule has 2 aromatic rings. The minimum Gasteiger partial charge on any atom is -0.399 e. The Morgan fingerprint density at radius 3 is 2.37 bits per heavy atom. The Bertz CT molecular complexity index is 626. The number of carbonyl (C=O) groups excluding carboxylic acids is 1. The number of nitrogen functional groups attached to an aromatic ring is 2. The van der Waals surface area contributed by atoms with Crippen LogP contribution in [-0.4, -0.2) is 5.91 Å². The van der Waals surface area contributed by atoms with E-state index >= 15 is 0 Å². The first-order valence-corrected chi connectivity index (χ1v) is 6.17. The van der Waals surface area contributed by atoms with Crippen LogP contribution in [-0.2, 0) is 0 Å². The summed E-state index contributed by atoms with van der Waals surface area (Å²) in [5.41, 5.74) is 12.7. The number of nitrogens with one attached hydrogen (secondary N) is 1. The third kappa shape index (κ3) is 3.23. The smallest absolute Gasteiger partial charge is 0.255 e. The molecule has 0 aliphatic carbocycles. The fourth-order valence-corrected chi connectivity index (χ4v) is 1.94. The zero-order valence-corrected chi connectivity index (χ0v) is 11.4. The summed E-state index contributed by atoms with van der Waals surface area (Å²) in [6, 6.07) is 8.57. The SMILES string of the molecule is Nc1cc(N)cc(C(=O)Nc2cc(F)ccc2Br)c1. The number of halogens is 2. The Morgan fingerprint density at radius 2 is 1.74 bits per heavy atom. The van der Waals surface area contributed by atoms with E-state index in [9.17, 15) is 9.18 Å². The fraction of sp³-hybridized carbons (Fsp3) is 0. The lowest BCUT2D eigenvalue weighted by molar-refractivity contribution is 0.102. The average molecular weight is 324 g/mol. The minimum atomic E-state index is -0.439. The van der Waals surface area contributed by atoms with Crippen LogP contribution in [0, 0.1) is 5.82 Å². The van der Waals surface area contributed by atoms with Gasteiger partial charge in [-0.25, -0.2) is 4.39 Å². The van der Waals surface area contributed by atoms with Gasteiger partial charge >= 0.3 is 0 Å². The maximum absolute atomic E-state index is 13.1. The van der Waals surface area contributed by atoms with E-state index < -0.39 is 11.7 Å². The standard InChI is InChI=1S/C13H11BrFN3O/c14-11-2-1-8(15)5-12(11)18-13(19)7-3-9(16)6-10(17)4-7/h1-6H,16-17H2,(H,18,19). The number of amides is 1. The molecule has 0 aliphatic heterocycles. The molecule has 19 heavy (non-hydrogen) atoms. The molecule has 0 aromatic heterocycles. The van der Waals surface area contributed by atoms with Crippen molar-refractivity contribution in [1.82, 2.24) is 0 Å². The molecule has 0 unspecified atom stereocenters. The van der Waals surface area contributed by atoms with E-state index in [1.54, 1.807) is 6.07 Å². The first-order valence-electron chi connectivity index (χ1n) is 5.38. The van der Waals surface area contributed by atoms with Crippen LogP contribution in [0.15, 0.2) is 40.9 Å². The predicted octanol–water partition coefficient (Wildman–Crippen LogP) is 3.00. The van der Waals surface area contributed by atoms with Gasteiger partial charge in [0, 0.05) is 21.4 Å². The van der Waals surface area contributed by atoms with Crippen LogP contribution in [0.4, 0.5) is 21.5 Å². The monoisotopic (exact) mass is 323 g/mol. The normalized spacial score (nSPS) is 10.2. The molecule has 0 fully saturated rings. The molecular weight excluding hydrogens is 313 g/mol. The van der Waals surface area contributed by atoms with Gasteiger partial charge in [-0.1, -0.05) is 0 Å². The van der Waals surface area contributed by atoms with Crippen LogP contribution in [0.5, 0.6) is 0 Å². The van der Waals surface area contributed by atoms with Crippen molar-refractivity contribution in [1.29, 1.82) is 0 Å². The Labute approximate surface area is 117 Å². The molecule has 98 valence electrons. The Morgan fingerprint density at radius 1 is 1.11 bits per heavy atom. The van der Waals surface area contributed by atoms with Gasteiger partial charge in [0.05, 0.1) is 5.69 Å². The third-order valence-corrected chi connectivity index (χ3v) is 3.11. The molecule has 0 spiro atoms. The van der Waals surface area contributed by atoms with Crippen LogP contribution >= 0.6 is 15.9 Å². The molecule has 0 heterocycles. The van der Waals surface area contributed by atoms with Gasteiger partial charge in [-0.05, 0) is 52.3 Å². The van der Waals surface area contributed by atoms with Gasteiger partial charge in [0.1, 0.15) is 5.82 Å². The van der Waals surface area contributed by atoms with E-state index in [1.807, 2.05) is 0 Å². The van der Waals surface area contributed by atoms with Gasteiger partial charge < -0.3 is 16.8 Å². The van der Waals surface area contributed by atoms with Gasteiger partial charge in [-0.3, -0.25) is 4.79 Å². The van der Waals surface area contributed by atoms with Crippen LogP contribution in [0.3, 0.4) is 0 Å². The van der Waals surface area contributed by atoms with Crippen LogP contribution in [0.2, 0.25) is 0 Å². The summed E-state index contributed by atoms with van der Waals surface area (Å²) in [4.78, 5) is 12.0. The summed E-state index contributed by atoms with van der Waals surface area (Å²) in [5, 5.41) is 2.58. The summed E-state index contributed by atoms with van der Waals surface area (Å²) in [6.07, 6.45) is 0. The first-order chi connectivity index (χ1) is 8.95. The highest BCUT2D eigenvalue weighted by Crippen LogP contribution is 2.24. The molecule has 0 saturated heterocycles. The van der Waals surface area contributed by atoms with Crippen molar-refractivity contribution < 1.29 is 9.18 Å². The van der Waals surface area contributed by atoms with Gasteiger partial charge in [0.25, 0.3) is 5.91 Å². The number of nitrogens with two attached hydrogens (primary N) is 2. The van der Waals surface area contributed by atoms with E-state index in [1.165, 1.54) is 30.3 Å². The van der Waals surface area contributed by atoms with Crippen molar-refractivity contribution in [2.45, 2.75) is 0 Å². The Hall–Kier alpha value is -2.08. The van der Waals surface area contributed by atoms with Crippen molar-refractivity contribution in [3.05, 3.63) is 52.3 Å². The molecule has 2 aromatic carbocycles. The molecule has 0 bridgehead atoms. The zero-order chi connectivity index (χ0) is 14.0. The summed E-state index contributed by atoms with van der Waals surface area (Å²) in [6.45, 7) is 0. The third-order valence-electron chi connectivity index (χ3n) is 2.42. The minimum absolute atomic E-state index is 0.314.